The fourth-order valence-corrected chi connectivity index (χ4v) is 4.98. The molecule has 2 aromatic carbocycles. The minimum absolute atomic E-state index is 0.0100. The normalized spacial score (nSPS) is 23.0. The van der Waals surface area contributed by atoms with Gasteiger partial charge in [0.2, 0.25) is 11.8 Å². The molecular weight excluding hydrogens is 388 g/mol. The summed E-state index contributed by atoms with van der Waals surface area (Å²) in [5, 5.41) is 3.04. The average molecular weight is 421 g/mol. The van der Waals surface area contributed by atoms with Gasteiger partial charge in [-0.25, -0.2) is 0 Å². The highest BCUT2D eigenvalue weighted by Gasteiger charge is 2.44. The van der Waals surface area contributed by atoms with Gasteiger partial charge in [0, 0.05) is 12.0 Å². The van der Waals surface area contributed by atoms with Gasteiger partial charge < -0.3 is 15.0 Å². The van der Waals surface area contributed by atoms with Crippen molar-refractivity contribution in [1.29, 1.82) is 0 Å². The van der Waals surface area contributed by atoms with Crippen LogP contribution >= 0.6 is 0 Å². The van der Waals surface area contributed by atoms with Crippen molar-refractivity contribution in [3.05, 3.63) is 60.2 Å². The summed E-state index contributed by atoms with van der Waals surface area (Å²) in [7, 11) is 0. The number of rotatable bonds is 7. The van der Waals surface area contributed by atoms with E-state index in [1.807, 2.05) is 67.3 Å². The number of nitrogens with one attached hydrogen (secondary N) is 1. The molecule has 2 saturated heterocycles. The first-order chi connectivity index (χ1) is 15.1. The van der Waals surface area contributed by atoms with Crippen LogP contribution in [0.1, 0.15) is 64.0 Å². The molecule has 1 N–H and O–H groups in total. The zero-order chi connectivity index (χ0) is 21.8. The maximum absolute atomic E-state index is 13.4. The molecule has 4 rings (SSSR count). The number of piperidine rings is 1. The van der Waals surface area contributed by atoms with Crippen molar-refractivity contribution in [1.82, 2.24) is 10.2 Å². The number of carbonyl (C=O) groups is 2. The quantitative estimate of drug-likeness (QED) is 0.668. The van der Waals surface area contributed by atoms with Crippen LogP contribution in [0.15, 0.2) is 54.6 Å². The van der Waals surface area contributed by atoms with E-state index < -0.39 is 6.04 Å². The molecule has 3 atom stereocenters. The van der Waals surface area contributed by atoms with Crippen molar-refractivity contribution < 1.29 is 14.3 Å². The van der Waals surface area contributed by atoms with Gasteiger partial charge >= 0.3 is 0 Å². The Morgan fingerprint density at radius 1 is 1.00 bits per heavy atom. The second-order valence-electron chi connectivity index (χ2n) is 8.63. The van der Waals surface area contributed by atoms with Gasteiger partial charge in [-0.3, -0.25) is 9.59 Å². The number of hydrogen-bond acceptors (Lipinski definition) is 3. The van der Waals surface area contributed by atoms with E-state index in [0.29, 0.717) is 0 Å². The Kier molecular flexibility index (Phi) is 6.59. The largest absolute Gasteiger partial charge is 0.457 e. The van der Waals surface area contributed by atoms with E-state index in [1.54, 1.807) is 0 Å². The smallest absolute Gasteiger partial charge is 0.245 e. The van der Waals surface area contributed by atoms with Gasteiger partial charge in [0.1, 0.15) is 17.5 Å². The third-order valence-electron chi connectivity index (χ3n) is 6.74. The monoisotopic (exact) mass is 420 g/mol. The molecule has 0 saturated carbocycles. The number of nitrogens with zero attached hydrogens (tertiary/aromatic N) is 1. The molecule has 0 unspecified atom stereocenters. The predicted octanol–water partition coefficient (Wildman–Crippen LogP) is 5.23. The first-order valence-electron chi connectivity index (χ1n) is 11.6. The summed E-state index contributed by atoms with van der Waals surface area (Å²) >= 11 is 0. The molecule has 31 heavy (non-hydrogen) atoms. The average Bonchev–Trinajstić information content (AvgIpc) is 3.22. The van der Waals surface area contributed by atoms with Crippen molar-refractivity contribution in [3.63, 3.8) is 0 Å². The highest BCUT2D eigenvalue weighted by atomic mass is 16.5. The van der Waals surface area contributed by atoms with E-state index in [4.69, 9.17) is 4.74 Å². The van der Waals surface area contributed by atoms with Crippen molar-refractivity contribution in [3.8, 4) is 11.5 Å². The number of hydrogen-bond donors (Lipinski definition) is 1. The predicted molar refractivity (Wildman–Crippen MR) is 121 cm³/mol. The first-order valence-corrected chi connectivity index (χ1v) is 11.6. The first kappa shape index (κ1) is 21.4. The van der Waals surface area contributed by atoms with Gasteiger partial charge in [0.15, 0.2) is 0 Å². The zero-order valence-corrected chi connectivity index (χ0v) is 18.4. The molecule has 0 aliphatic carbocycles. The number of ether oxygens (including phenoxy) is 1. The van der Waals surface area contributed by atoms with Gasteiger partial charge in [-0.05, 0) is 68.4 Å². The molecular formula is C26H32N2O3. The minimum Gasteiger partial charge on any atom is -0.457 e. The lowest BCUT2D eigenvalue weighted by Gasteiger charge is -2.39. The number of fused-ring (bicyclic) bond motifs is 1. The Morgan fingerprint density at radius 3 is 2.45 bits per heavy atom. The molecule has 0 aromatic heterocycles. The van der Waals surface area contributed by atoms with Gasteiger partial charge in [0.05, 0.1) is 6.04 Å². The third kappa shape index (κ3) is 4.60. The van der Waals surface area contributed by atoms with Gasteiger partial charge in [-0.1, -0.05) is 44.2 Å². The summed E-state index contributed by atoms with van der Waals surface area (Å²) in [4.78, 5) is 28.0. The van der Waals surface area contributed by atoms with Crippen molar-refractivity contribution >= 4 is 11.8 Å². The Bertz CT molecular complexity index is 910. The van der Waals surface area contributed by atoms with Crippen molar-refractivity contribution in [2.45, 2.75) is 70.5 Å². The standard InChI is InChI=1S/C26H32N2O3/c1-3-18(4-2)25(29)27-23-15-13-20-14-16-24(28(20)26(23)30)19-9-8-12-22(17-19)31-21-10-6-5-7-11-21/h5-12,17-18,20,23-24H,3-4,13-16H2,1-2H3,(H,27,29)/t20-,23-,24-/m0/s1. The summed E-state index contributed by atoms with van der Waals surface area (Å²) in [5.74, 6) is 1.62. The summed E-state index contributed by atoms with van der Waals surface area (Å²) in [6.45, 7) is 4.04. The van der Waals surface area contributed by atoms with E-state index in [0.717, 1.165) is 55.6 Å². The van der Waals surface area contributed by atoms with Crippen LogP contribution in [0, 0.1) is 5.92 Å². The molecule has 164 valence electrons. The molecule has 2 fully saturated rings. The van der Waals surface area contributed by atoms with Crippen LogP contribution in [-0.4, -0.2) is 28.8 Å². The second-order valence-corrected chi connectivity index (χ2v) is 8.63. The highest BCUT2D eigenvalue weighted by molar-refractivity contribution is 5.89. The van der Waals surface area contributed by atoms with Crippen LogP contribution in [0.4, 0.5) is 0 Å². The molecule has 0 spiro atoms. The summed E-state index contributed by atoms with van der Waals surface area (Å²) in [6.07, 6.45) is 5.22. The Morgan fingerprint density at radius 2 is 1.71 bits per heavy atom. The molecule has 5 heteroatoms. The maximum atomic E-state index is 13.4. The summed E-state index contributed by atoms with van der Waals surface area (Å²) in [6, 6.07) is 17.6. The fraction of sp³-hybridized carbons (Fsp3) is 0.462. The Labute approximate surface area is 184 Å². The van der Waals surface area contributed by atoms with Crippen LogP contribution in [0.5, 0.6) is 11.5 Å². The van der Waals surface area contributed by atoms with E-state index in [2.05, 4.69) is 11.4 Å². The van der Waals surface area contributed by atoms with Crippen LogP contribution in [-0.2, 0) is 9.59 Å². The van der Waals surface area contributed by atoms with E-state index in [-0.39, 0.29) is 29.8 Å². The second kappa shape index (κ2) is 9.54. The third-order valence-corrected chi connectivity index (χ3v) is 6.74. The lowest BCUT2D eigenvalue weighted by atomic mass is 9.96. The zero-order valence-electron chi connectivity index (χ0n) is 18.4. The van der Waals surface area contributed by atoms with Crippen molar-refractivity contribution in [2.24, 2.45) is 5.92 Å². The maximum Gasteiger partial charge on any atom is 0.245 e. The topological polar surface area (TPSA) is 58.6 Å². The van der Waals surface area contributed by atoms with Crippen molar-refractivity contribution in [2.75, 3.05) is 0 Å². The van der Waals surface area contributed by atoms with Crippen LogP contribution in [0.3, 0.4) is 0 Å². The Balaban J connectivity index is 1.49. The van der Waals surface area contributed by atoms with Gasteiger partial charge in [0.25, 0.3) is 0 Å². The van der Waals surface area contributed by atoms with E-state index >= 15 is 0 Å². The molecule has 5 nitrogen and oxygen atoms in total. The molecule has 2 heterocycles. The molecule has 2 aliphatic rings. The van der Waals surface area contributed by atoms with E-state index in [1.165, 1.54) is 0 Å². The molecule has 2 amide bonds. The molecule has 0 bridgehead atoms. The Hall–Kier alpha value is -2.82. The highest BCUT2D eigenvalue weighted by Crippen LogP contribution is 2.42. The molecule has 2 aliphatic heterocycles. The number of para-hydroxylation sites is 1. The van der Waals surface area contributed by atoms with Crippen LogP contribution in [0.2, 0.25) is 0 Å². The van der Waals surface area contributed by atoms with E-state index in [9.17, 15) is 9.59 Å². The number of benzene rings is 2. The fourth-order valence-electron chi connectivity index (χ4n) is 4.98. The number of carbonyl (C=O) groups excluding carboxylic acids is 2. The number of amides is 2. The summed E-state index contributed by atoms with van der Waals surface area (Å²) < 4.78 is 6.01. The molecule has 2 aromatic rings. The van der Waals surface area contributed by atoms with Gasteiger partial charge in [-0.15, -0.1) is 0 Å². The SMILES string of the molecule is CCC(CC)C(=O)N[C@H]1CC[C@H]2CC[C@@H](c3cccc(Oc4ccccc4)c3)N2C1=O. The molecule has 0 radical (unpaired) electrons. The lowest BCUT2D eigenvalue weighted by molar-refractivity contribution is -0.143. The minimum atomic E-state index is -0.409. The van der Waals surface area contributed by atoms with Gasteiger partial charge in [-0.2, -0.15) is 0 Å². The summed E-state index contributed by atoms with van der Waals surface area (Å²) in [5.41, 5.74) is 1.09. The van der Waals surface area contributed by atoms with Crippen LogP contribution in [0.25, 0.3) is 0 Å². The van der Waals surface area contributed by atoms with Crippen LogP contribution < -0.4 is 10.1 Å². The lowest BCUT2D eigenvalue weighted by Crippen LogP contribution is -2.55.